The van der Waals surface area contributed by atoms with E-state index in [1.54, 1.807) is 17.8 Å². The predicted octanol–water partition coefficient (Wildman–Crippen LogP) is 2.00. The van der Waals surface area contributed by atoms with Gasteiger partial charge >= 0.3 is 5.97 Å². The third kappa shape index (κ3) is 3.80. The lowest BCUT2D eigenvalue weighted by atomic mass is 10.2. The molecule has 0 aliphatic rings. The summed E-state index contributed by atoms with van der Waals surface area (Å²) in [4.78, 5) is 15.7. The van der Waals surface area contributed by atoms with Gasteiger partial charge in [0.2, 0.25) is 0 Å². The van der Waals surface area contributed by atoms with Crippen molar-refractivity contribution in [1.82, 2.24) is 4.98 Å². The molecule has 0 aliphatic heterocycles. The Morgan fingerprint density at radius 2 is 2.39 bits per heavy atom. The predicted molar refractivity (Wildman–Crippen MR) is 76.1 cm³/mol. The lowest BCUT2D eigenvalue weighted by Gasteiger charge is -2.17. The van der Waals surface area contributed by atoms with E-state index in [9.17, 15) is 4.79 Å². The standard InChI is InChI=1S/C12H19N3O2S/c1-4-8(7-18-3)15-11-5-9(12(16)17-2)10(13)6-14-11/h5-6,8H,4,7,13H2,1-3H3,(H,14,15). The molecule has 0 fully saturated rings. The van der Waals surface area contributed by atoms with Gasteiger partial charge in [-0.05, 0) is 18.7 Å². The van der Waals surface area contributed by atoms with E-state index >= 15 is 0 Å². The maximum atomic E-state index is 11.5. The molecule has 0 aromatic carbocycles. The fourth-order valence-corrected chi connectivity index (χ4v) is 2.22. The van der Waals surface area contributed by atoms with Gasteiger partial charge in [0.15, 0.2) is 0 Å². The van der Waals surface area contributed by atoms with Crippen LogP contribution in [0.2, 0.25) is 0 Å². The number of rotatable bonds is 6. The molecule has 100 valence electrons. The molecule has 5 nitrogen and oxygen atoms in total. The molecule has 1 aromatic rings. The summed E-state index contributed by atoms with van der Waals surface area (Å²) >= 11 is 1.77. The van der Waals surface area contributed by atoms with E-state index in [1.165, 1.54) is 13.3 Å². The second-order valence-corrected chi connectivity index (χ2v) is 4.76. The monoisotopic (exact) mass is 269 g/mol. The van der Waals surface area contributed by atoms with Crippen molar-refractivity contribution in [3.8, 4) is 0 Å². The highest BCUT2D eigenvalue weighted by Gasteiger charge is 2.13. The van der Waals surface area contributed by atoms with Gasteiger partial charge < -0.3 is 15.8 Å². The number of ether oxygens (including phenoxy) is 1. The molecule has 3 N–H and O–H groups in total. The Hall–Kier alpha value is -1.43. The molecule has 1 unspecified atom stereocenters. The molecule has 0 aliphatic carbocycles. The third-order valence-corrected chi connectivity index (χ3v) is 3.29. The first-order valence-corrected chi connectivity index (χ1v) is 7.11. The molecule has 0 spiro atoms. The van der Waals surface area contributed by atoms with Crippen LogP contribution >= 0.6 is 11.8 Å². The zero-order valence-electron chi connectivity index (χ0n) is 10.9. The topological polar surface area (TPSA) is 77.2 Å². The van der Waals surface area contributed by atoms with Crippen LogP contribution in [0.3, 0.4) is 0 Å². The summed E-state index contributed by atoms with van der Waals surface area (Å²) in [5.74, 6) is 1.18. The highest BCUT2D eigenvalue weighted by molar-refractivity contribution is 7.98. The summed E-state index contributed by atoms with van der Waals surface area (Å²) in [7, 11) is 1.33. The van der Waals surface area contributed by atoms with Crippen molar-refractivity contribution in [2.45, 2.75) is 19.4 Å². The van der Waals surface area contributed by atoms with E-state index < -0.39 is 5.97 Å². The summed E-state index contributed by atoms with van der Waals surface area (Å²) in [5.41, 5.74) is 6.36. The Morgan fingerprint density at radius 3 is 2.94 bits per heavy atom. The number of nitrogen functional groups attached to an aromatic ring is 1. The molecule has 6 heteroatoms. The van der Waals surface area contributed by atoms with Crippen molar-refractivity contribution in [3.05, 3.63) is 17.8 Å². The normalized spacial score (nSPS) is 11.9. The van der Waals surface area contributed by atoms with Crippen LogP contribution in [0, 0.1) is 0 Å². The SMILES string of the molecule is CCC(CSC)Nc1cc(C(=O)OC)c(N)cn1. The minimum absolute atomic E-state index is 0.321. The first-order valence-electron chi connectivity index (χ1n) is 5.71. The largest absolute Gasteiger partial charge is 0.465 e. The van der Waals surface area contributed by atoms with Crippen molar-refractivity contribution in [2.75, 3.05) is 30.2 Å². The van der Waals surface area contributed by atoms with Gasteiger partial charge in [0.05, 0.1) is 24.6 Å². The molecule has 1 heterocycles. The van der Waals surface area contributed by atoms with Crippen molar-refractivity contribution in [1.29, 1.82) is 0 Å². The highest BCUT2D eigenvalue weighted by Crippen LogP contribution is 2.17. The molecule has 0 bridgehead atoms. The average Bonchev–Trinajstić information content (AvgIpc) is 2.39. The number of carbonyl (C=O) groups is 1. The molecular formula is C12H19N3O2S. The summed E-state index contributed by atoms with van der Waals surface area (Å²) in [5, 5.41) is 3.28. The van der Waals surface area contributed by atoms with Gasteiger partial charge in [-0.2, -0.15) is 11.8 Å². The van der Waals surface area contributed by atoms with Gasteiger partial charge in [0.1, 0.15) is 5.82 Å². The number of hydrogen-bond donors (Lipinski definition) is 2. The van der Waals surface area contributed by atoms with Crippen LogP contribution in [0.5, 0.6) is 0 Å². The number of pyridine rings is 1. The van der Waals surface area contributed by atoms with Crippen molar-refractivity contribution < 1.29 is 9.53 Å². The van der Waals surface area contributed by atoms with Gasteiger partial charge in [-0.15, -0.1) is 0 Å². The molecule has 0 saturated carbocycles. The van der Waals surface area contributed by atoms with Crippen molar-refractivity contribution >= 4 is 29.2 Å². The number of esters is 1. The molecule has 0 radical (unpaired) electrons. The number of hydrogen-bond acceptors (Lipinski definition) is 6. The maximum Gasteiger partial charge on any atom is 0.340 e. The second-order valence-electron chi connectivity index (χ2n) is 3.85. The maximum absolute atomic E-state index is 11.5. The Labute approximate surface area is 111 Å². The number of methoxy groups -OCH3 is 1. The van der Waals surface area contributed by atoms with Crippen LogP contribution in [-0.4, -0.2) is 36.1 Å². The molecule has 0 amide bonds. The number of carbonyl (C=O) groups excluding carboxylic acids is 1. The summed E-state index contributed by atoms with van der Waals surface area (Å²) in [6, 6.07) is 1.95. The fraction of sp³-hybridized carbons (Fsp3) is 0.500. The molecule has 0 saturated heterocycles. The van der Waals surface area contributed by atoms with E-state index in [0.29, 0.717) is 23.1 Å². The Kier molecular flexibility index (Phi) is 5.77. The third-order valence-electron chi connectivity index (χ3n) is 2.55. The first kappa shape index (κ1) is 14.6. The van der Waals surface area contributed by atoms with Crippen LogP contribution in [0.25, 0.3) is 0 Å². The van der Waals surface area contributed by atoms with Gasteiger partial charge in [-0.3, -0.25) is 0 Å². The minimum Gasteiger partial charge on any atom is -0.465 e. The van der Waals surface area contributed by atoms with E-state index in [1.807, 2.05) is 0 Å². The van der Waals surface area contributed by atoms with Crippen LogP contribution in [0.1, 0.15) is 23.7 Å². The summed E-state index contributed by atoms with van der Waals surface area (Å²) < 4.78 is 4.67. The summed E-state index contributed by atoms with van der Waals surface area (Å²) in [6.07, 6.45) is 4.52. The van der Waals surface area contributed by atoms with E-state index in [0.717, 1.165) is 12.2 Å². The number of nitrogens with two attached hydrogens (primary N) is 1. The van der Waals surface area contributed by atoms with Crippen LogP contribution < -0.4 is 11.1 Å². The molecule has 1 aromatic heterocycles. The van der Waals surface area contributed by atoms with Gasteiger partial charge in [-0.25, -0.2) is 9.78 Å². The van der Waals surface area contributed by atoms with Gasteiger partial charge in [0, 0.05) is 11.8 Å². The lowest BCUT2D eigenvalue weighted by molar-refractivity contribution is 0.0602. The van der Waals surface area contributed by atoms with E-state index in [2.05, 4.69) is 28.2 Å². The zero-order chi connectivity index (χ0) is 13.5. The molecule has 1 atom stereocenters. The quantitative estimate of drug-likeness (QED) is 0.769. The number of nitrogens with one attached hydrogen (secondary N) is 1. The fourth-order valence-electron chi connectivity index (χ4n) is 1.50. The first-order chi connectivity index (χ1) is 8.62. The Bertz CT molecular complexity index is 412. The van der Waals surface area contributed by atoms with Crippen LogP contribution in [0.15, 0.2) is 12.3 Å². The van der Waals surface area contributed by atoms with Crippen molar-refractivity contribution in [3.63, 3.8) is 0 Å². The van der Waals surface area contributed by atoms with E-state index in [-0.39, 0.29) is 0 Å². The molecular weight excluding hydrogens is 250 g/mol. The molecule has 1 rings (SSSR count). The Morgan fingerprint density at radius 1 is 1.67 bits per heavy atom. The second kappa shape index (κ2) is 7.10. The minimum atomic E-state index is -0.448. The van der Waals surface area contributed by atoms with Crippen LogP contribution in [-0.2, 0) is 4.74 Å². The summed E-state index contributed by atoms with van der Waals surface area (Å²) in [6.45, 7) is 2.10. The number of thioether (sulfide) groups is 1. The van der Waals surface area contributed by atoms with Gasteiger partial charge in [-0.1, -0.05) is 6.92 Å². The van der Waals surface area contributed by atoms with Gasteiger partial charge in [0.25, 0.3) is 0 Å². The smallest absolute Gasteiger partial charge is 0.340 e. The Balaban J connectivity index is 2.87. The zero-order valence-corrected chi connectivity index (χ0v) is 11.7. The number of anilines is 2. The van der Waals surface area contributed by atoms with Crippen molar-refractivity contribution in [2.24, 2.45) is 0 Å². The van der Waals surface area contributed by atoms with E-state index in [4.69, 9.17) is 5.73 Å². The molecule has 18 heavy (non-hydrogen) atoms. The number of aromatic nitrogens is 1. The lowest BCUT2D eigenvalue weighted by Crippen LogP contribution is -2.22. The van der Waals surface area contributed by atoms with Crippen LogP contribution in [0.4, 0.5) is 11.5 Å². The average molecular weight is 269 g/mol. The number of nitrogens with zero attached hydrogens (tertiary/aromatic N) is 1. The highest BCUT2D eigenvalue weighted by atomic mass is 32.2.